The lowest BCUT2D eigenvalue weighted by molar-refractivity contribution is -0.110. The number of anilines is 1. The first-order valence-electron chi connectivity index (χ1n) is 8.61. The van der Waals surface area contributed by atoms with Crippen molar-refractivity contribution in [2.75, 3.05) is 11.9 Å². The van der Waals surface area contributed by atoms with E-state index in [-0.39, 0.29) is 11.9 Å². The van der Waals surface area contributed by atoms with Crippen molar-refractivity contribution in [1.29, 1.82) is 0 Å². The van der Waals surface area contributed by atoms with Gasteiger partial charge in [-0.2, -0.15) is 0 Å². The van der Waals surface area contributed by atoms with Crippen LogP contribution in [0.2, 0.25) is 0 Å². The number of nitrogens with one attached hydrogen (secondary N) is 1. The molecule has 0 fully saturated rings. The molecule has 0 atom stereocenters. The van der Waals surface area contributed by atoms with Gasteiger partial charge in [-0.25, -0.2) is 4.79 Å². The van der Waals surface area contributed by atoms with Gasteiger partial charge in [0, 0.05) is 17.8 Å². The SMILES string of the molecule is CC(C)(C)OC(=O)c1ccc(NC(=O)C2=NCCc3ccccc32)cc1. The van der Waals surface area contributed by atoms with Crippen LogP contribution >= 0.6 is 0 Å². The van der Waals surface area contributed by atoms with Gasteiger partial charge in [0.1, 0.15) is 11.3 Å². The van der Waals surface area contributed by atoms with E-state index in [4.69, 9.17) is 4.74 Å². The van der Waals surface area contributed by atoms with Crippen LogP contribution in [0.4, 0.5) is 5.69 Å². The molecular formula is C21H22N2O3. The molecule has 0 aromatic heterocycles. The van der Waals surface area contributed by atoms with Crippen molar-refractivity contribution in [3.63, 3.8) is 0 Å². The largest absolute Gasteiger partial charge is 0.456 e. The smallest absolute Gasteiger partial charge is 0.338 e. The maximum Gasteiger partial charge on any atom is 0.338 e. The first kappa shape index (κ1) is 17.9. The van der Waals surface area contributed by atoms with Crippen LogP contribution in [0.1, 0.15) is 42.3 Å². The summed E-state index contributed by atoms with van der Waals surface area (Å²) in [7, 11) is 0. The summed E-state index contributed by atoms with van der Waals surface area (Å²) in [6.07, 6.45) is 0.845. The molecule has 0 spiro atoms. The second-order valence-electron chi connectivity index (χ2n) is 7.17. The molecule has 0 radical (unpaired) electrons. The van der Waals surface area contributed by atoms with Gasteiger partial charge < -0.3 is 10.1 Å². The molecule has 0 unspecified atom stereocenters. The third-order valence-corrected chi connectivity index (χ3v) is 3.92. The minimum absolute atomic E-state index is 0.248. The molecule has 1 aliphatic heterocycles. The summed E-state index contributed by atoms with van der Waals surface area (Å²) >= 11 is 0. The van der Waals surface area contributed by atoms with Crippen molar-refractivity contribution < 1.29 is 14.3 Å². The number of amides is 1. The molecule has 5 nitrogen and oxygen atoms in total. The number of esters is 1. The zero-order chi connectivity index (χ0) is 18.7. The molecule has 1 N–H and O–H groups in total. The van der Waals surface area contributed by atoms with Gasteiger partial charge in [-0.15, -0.1) is 0 Å². The predicted octanol–water partition coefficient (Wildman–Crippen LogP) is 3.63. The Hall–Kier alpha value is -2.95. The molecule has 0 aliphatic carbocycles. The van der Waals surface area contributed by atoms with E-state index in [0.29, 0.717) is 23.5 Å². The monoisotopic (exact) mass is 350 g/mol. The Morgan fingerprint density at radius 2 is 1.73 bits per heavy atom. The van der Waals surface area contributed by atoms with Crippen molar-refractivity contribution in [2.24, 2.45) is 4.99 Å². The van der Waals surface area contributed by atoms with E-state index in [1.54, 1.807) is 24.3 Å². The summed E-state index contributed by atoms with van der Waals surface area (Å²) in [6, 6.07) is 14.5. The highest BCUT2D eigenvalue weighted by Crippen LogP contribution is 2.18. The first-order valence-corrected chi connectivity index (χ1v) is 8.61. The number of rotatable bonds is 3. The summed E-state index contributed by atoms with van der Waals surface area (Å²) in [4.78, 5) is 29.0. The van der Waals surface area contributed by atoms with Crippen LogP contribution in [-0.2, 0) is 16.0 Å². The zero-order valence-corrected chi connectivity index (χ0v) is 15.2. The van der Waals surface area contributed by atoms with Gasteiger partial charge in [0.2, 0.25) is 0 Å². The summed E-state index contributed by atoms with van der Waals surface area (Å²) in [5, 5.41) is 2.85. The van der Waals surface area contributed by atoms with Crippen molar-refractivity contribution in [3.8, 4) is 0 Å². The molecule has 134 valence electrons. The predicted molar refractivity (Wildman–Crippen MR) is 102 cm³/mol. The van der Waals surface area contributed by atoms with Crippen LogP contribution in [0, 0.1) is 0 Å². The molecule has 0 saturated carbocycles. The van der Waals surface area contributed by atoms with Gasteiger partial charge in [-0.1, -0.05) is 24.3 Å². The molecule has 3 rings (SSSR count). The Morgan fingerprint density at radius 3 is 2.42 bits per heavy atom. The van der Waals surface area contributed by atoms with Gasteiger partial charge in [0.15, 0.2) is 0 Å². The molecule has 26 heavy (non-hydrogen) atoms. The molecule has 1 amide bonds. The second-order valence-corrected chi connectivity index (χ2v) is 7.17. The van der Waals surface area contributed by atoms with Crippen molar-refractivity contribution in [1.82, 2.24) is 0 Å². The fourth-order valence-corrected chi connectivity index (χ4v) is 2.75. The molecule has 0 bridgehead atoms. The summed E-state index contributed by atoms with van der Waals surface area (Å²) in [5.74, 6) is -0.636. The third-order valence-electron chi connectivity index (χ3n) is 3.92. The average molecular weight is 350 g/mol. The maximum absolute atomic E-state index is 12.6. The number of aliphatic imine (C=N–C) groups is 1. The van der Waals surface area contributed by atoms with Gasteiger partial charge in [-0.3, -0.25) is 9.79 Å². The molecule has 2 aromatic carbocycles. The summed E-state index contributed by atoms with van der Waals surface area (Å²) in [5.41, 5.74) is 2.96. The molecule has 1 aliphatic rings. The standard InChI is InChI=1S/C21H22N2O3/c1-21(2,3)26-20(25)15-8-10-16(11-9-15)23-19(24)18-17-7-5-4-6-14(17)12-13-22-18/h4-11H,12-13H2,1-3H3,(H,23,24). The van der Waals surface area contributed by atoms with Crippen molar-refractivity contribution >= 4 is 23.3 Å². The van der Waals surface area contributed by atoms with E-state index >= 15 is 0 Å². The normalized spacial score (nSPS) is 13.4. The molecule has 2 aromatic rings. The molecule has 1 heterocycles. The van der Waals surface area contributed by atoms with E-state index in [9.17, 15) is 9.59 Å². The topological polar surface area (TPSA) is 67.8 Å². The summed E-state index contributed by atoms with van der Waals surface area (Å²) < 4.78 is 5.33. The van der Waals surface area contributed by atoms with Gasteiger partial charge in [0.25, 0.3) is 5.91 Å². The highest BCUT2D eigenvalue weighted by Gasteiger charge is 2.21. The van der Waals surface area contributed by atoms with Crippen LogP contribution in [0.3, 0.4) is 0 Å². The van der Waals surface area contributed by atoms with Crippen LogP contribution in [-0.4, -0.2) is 29.7 Å². The lowest BCUT2D eigenvalue weighted by atomic mass is 9.97. The lowest BCUT2D eigenvalue weighted by Crippen LogP contribution is -2.27. The number of nitrogens with zero attached hydrogens (tertiary/aromatic N) is 1. The Morgan fingerprint density at radius 1 is 1.04 bits per heavy atom. The molecule has 0 saturated heterocycles. The fraction of sp³-hybridized carbons (Fsp3) is 0.286. The van der Waals surface area contributed by atoms with Crippen molar-refractivity contribution in [3.05, 3.63) is 65.2 Å². The van der Waals surface area contributed by atoms with Crippen LogP contribution in [0.15, 0.2) is 53.5 Å². The number of carbonyl (C=O) groups excluding carboxylic acids is 2. The highest BCUT2D eigenvalue weighted by molar-refractivity contribution is 6.49. The minimum Gasteiger partial charge on any atom is -0.456 e. The van der Waals surface area contributed by atoms with Gasteiger partial charge >= 0.3 is 5.97 Å². The number of ether oxygens (including phenoxy) is 1. The van der Waals surface area contributed by atoms with Crippen LogP contribution in [0.25, 0.3) is 0 Å². The second kappa shape index (κ2) is 7.12. The van der Waals surface area contributed by atoms with E-state index in [1.807, 2.05) is 45.0 Å². The molecular weight excluding hydrogens is 328 g/mol. The number of hydrogen-bond donors (Lipinski definition) is 1. The Bertz CT molecular complexity index is 862. The third kappa shape index (κ3) is 4.17. The lowest BCUT2D eigenvalue weighted by Gasteiger charge is -2.19. The fourth-order valence-electron chi connectivity index (χ4n) is 2.75. The number of benzene rings is 2. The Labute approximate surface area is 153 Å². The van der Waals surface area contributed by atoms with E-state index in [1.165, 1.54) is 0 Å². The van der Waals surface area contributed by atoms with Crippen LogP contribution < -0.4 is 5.32 Å². The number of hydrogen-bond acceptors (Lipinski definition) is 4. The Balaban J connectivity index is 1.71. The number of carbonyl (C=O) groups is 2. The Kier molecular flexibility index (Phi) is 4.89. The summed E-state index contributed by atoms with van der Waals surface area (Å²) in [6.45, 7) is 6.07. The van der Waals surface area contributed by atoms with Crippen molar-refractivity contribution in [2.45, 2.75) is 32.8 Å². The van der Waals surface area contributed by atoms with Gasteiger partial charge in [-0.05, 0) is 57.0 Å². The van der Waals surface area contributed by atoms with E-state index < -0.39 is 5.60 Å². The maximum atomic E-state index is 12.6. The zero-order valence-electron chi connectivity index (χ0n) is 15.2. The quantitative estimate of drug-likeness (QED) is 0.860. The highest BCUT2D eigenvalue weighted by atomic mass is 16.6. The molecule has 5 heteroatoms. The average Bonchev–Trinajstić information content (AvgIpc) is 2.60. The minimum atomic E-state index is -0.545. The van der Waals surface area contributed by atoms with E-state index in [0.717, 1.165) is 17.5 Å². The van der Waals surface area contributed by atoms with E-state index in [2.05, 4.69) is 10.3 Å². The first-order chi connectivity index (χ1) is 12.3. The number of fused-ring (bicyclic) bond motifs is 1. The van der Waals surface area contributed by atoms with Gasteiger partial charge in [0.05, 0.1) is 5.56 Å². The van der Waals surface area contributed by atoms with Crippen LogP contribution in [0.5, 0.6) is 0 Å².